The summed E-state index contributed by atoms with van der Waals surface area (Å²) in [4.78, 5) is 1.27. The van der Waals surface area contributed by atoms with E-state index in [0.717, 1.165) is 17.1 Å². The second-order valence-electron chi connectivity index (χ2n) is 4.44. The van der Waals surface area contributed by atoms with E-state index in [1.807, 2.05) is 19.2 Å². The summed E-state index contributed by atoms with van der Waals surface area (Å²) in [6, 6.07) is 8.36. The molecule has 1 aromatic carbocycles. The number of aryl methyl sites for hydroxylation is 1. The molecule has 2 aromatic rings. The minimum absolute atomic E-state index is 0.143. The summed E-state index contributed by atoms with van der Waals surface area (Å²) in [5, 5.41) is 3.36. The zero-order valence-corrected chi connectivity index (χ0v) is 14.4. The molecule has 0 saturated heterocycles. The Bertz CT molecular complexity index is 578. The van der Waals surface area contributed by atoms with Crippen molar-refractivity contribution in [1.82, 2.24) is 5.32 Å². The van der Waals surface area contributed by atoms with Crippen molar-refractivity contribution in [2.45, 2.75) is 13.0 Å². The van der Waals surface area contributed by atoms with Gasteiger partial charge in [0, 0.05) is 4.88 Å². The molecule has 1 N–H and O–H groups in total. The highest BCUT2D eigenvalue weighted by Crippen LogP contribution is 2.37. The summed E-state index contributed by atoms with van der Waals surface area (Å²) in [6.45, 7) is 2.10. The summed E-state index contributed by atoms with van der Waals surface area (Å²) in [6.07, 6.45) is 0. The topological polar surface area (TPSA) is 30.5 Å². The molecule has 1 aromatic heterocycles. The van der Waals surface area contributed by atoms with Crippen molar-refractivity contribution in [1.29, 1.82) is 0 Å². The first-order chi connectivity index (χ1) is 9.60. The van der Waals surface area contributed by atoms with Crippen molar-refractivity contribution in [3.05, 3.63) is 44.1 Å². The van der Waals surface area contributed by atoms with Crippen LogP contribution in [0.4, 0.5) is 0 Å². The smallest absolute Gasteiger partial charge is 0.161 e. The molecule has 0 amide bonds. The van der Waals surface area contributed by atoms with E-state index in [0.29, 0.717) is 0 Å². The van der Waals surface area contributed by atoms with E-state index in [1.54, 1.807) is 25.6 Å². The predicted octanol–water partition coefficient (Wildman–Crippen LogP) is 4.15. The number of rotatable bonds is 5. The lowest BCUT2D eigenvalue weighted by Crippen LogP contribution is -2.16. The van der Waals surface area contributed by atoms with Crippen LogP contribution < -0.4 is 14.8 Å². The van der Waals surface area contributed by atoms with Gasteiger partial charge in [0.1, 0.15) is 0 Å². The van der Waals surface area contributed by atoms with Gasteiger partial charge >= 0.3 is 0 Å². The molecule has 108 valence electrons. The molecule has 0 aliphatic heterocycles. The molecule has 2 rings (SSSR count). The van der Waals surface area contributed by atoms with E-state index in [-0.39, 0.29) is 6.04 Å². The number of hydrogen-bond acceptors (Lipinski definition) is 4. The Balaban J connectivity index is 2.41. The van der Waals surface area contributed by atoms with Gasteiger partial charge in [-0.3, -0.25) is 0 Å². The average Bonchev–Trinajstić information content (AvgIpc) is 2.79. The van der Waals surface area contributed by atoms with Gasteiger partial charge in [-0.05, 0) is 59.2 Å². The SMILES string of the molecule is CNC(c1ccc(OC)c(OC)c1)c1cc(C)c(Br)s1. The molecule has 3 nitrogen and oxygen atoms in total. The minimum Gasteiger partial charge on any atom is -0.493 e. The van der Waals surface area contributed by atoms with E-state index >= 15 is 0 Å². The Kier molecular flexibility index (Phi) is 5.07. The zero-order chi connectivity index (χ0) is 14.7. The van der Waals surface area contributed by atoms with Gasteiger partial charge < -0.3 is 14.8 Å². The van der Waals surface area contributed by atoms with Crippen LogP contribution in [0, 0.1) is 6.92 Å². The Labute approximate surface area is 132 Å². The number of nitrogens with one attached hydrogen (secondary N) is 1. The number of hydrogen-bond donors (Lipinski definition) is 1. The molecule has 0 fully saturated rings. The molecule has 20 heavy (non-hydrogen) atoms. The highest BCUT2D eigenvalue weighted by Gasteiger charge is 2.17. The molecule has 1 heterocycles. The fourth-order valence-electron chi connectivity index (χ4n) is 2.13. The van der Waals surface area contributed by atoms with Crippen molar-refractivity contribution >= 4 is 27.3 Å². The maximum Gasteiger partial charge on any atom is 0.161 e. The van der Waals surface area contributed by atoms with Gasteiger partial charge in [-0.25, -0.2) is 0 Å². The molecule has 5 heteroatoms. The number of methoxy groups -OCH3 is 2. The van der Waals surface area contributed by atoms with Crippen molar-refractivity contribution in [2.24, 2.45) is 0 Å². The van der Waals surface area contributed by atoms with E-state index < -0.39 is 0 Å². The highest BCUT2D eigenvalue weighted by molar-refractivity contribution is 9.11. The van der Waals surface area contributed by atoms with Crippen molar-refractivity contribution < 1.29 is 9.47 Å². The molecule has 0 aliphatic carbocycles. The van der Waals surface area contributed by atoms with E-state index in [9.17, 15) is 0 Å². The van der Waals surface area contributed by atoms with Gasteiger partial charge in [-0.1, -0.05) is 6.07 Å². The molecule has 0 radical (unpaired) electrons. The molecule has 0 spiro atoms. The van der Waals surface area contributed by atoms with Crippen LogP contribution in [0.5, 0.6) is 11.5 Å². The highest BCUT2D eigenvalue weighted by atomic mass is 79.9. The van der Waals surface area contributed by atoms with Gasteiger partial charge in [0.2, 0.25) is 0 Å². The largest absolute Gasteiger partial charge is 0.493 e. The Morgan fingerprint density at radius 1 is 1.15 bits per heavy atom. The molecule has 1 unspecified atom stereocenters. The van der Waals surface area contributed by atoms with Crippen LogP contribution in [-0.2, 0) is 0 Å². The van der Waals surface area contributed by atoms with Crippen LogP contribution in [0.25, 0.3) is 0 Å². The maximum atomic E-state index is 5.38. The van der Waals surface area contributed by atoms with Crippen molar-refractivity contribution in [3.8, 4) is 11.5 Å². The molecular weight excluding hydrogens is 338 g/mol. The second-order valence-corrected chi connectivity index (χ2v) is 6.84. The predicted molar refractivity (Wildman–Crippen MR) is 87.2 cm³/mol. The summed E-state index contributed by atoms with van der Waals surface area (Å²) in [5.41, 5.74) is 2.41. The van der Waals surface area contributed by atoms with E-state index in [1.165, 1.54) is 14.2 Å². The molecule has 0 aliphatic rings. The summed E-state index contributed by atoms with van der Waals surface area (Å²) >= 11 is 5.33. The van der Waals surface area contributed by atoms with Crippen LogP contribution in [-0.4, -0.2) is 21.3 Å². The lowest BCUT2D eigenvalue weighted by Gasteiger charge is -2.17. The van der Waals surface area contributed by atoms with Crippen LogP contribution in [0.15, 0.2) is 28.1 Å². The Morgan fingerprint density at radius 2 is 1.85 bits per heavy atom. The standard InChI is InChI=1S/C15H18BrNO2S/c1-9-7-13(20-15(9)16)14(17-2)10-5-6-11(18-3)12(8-10)19-4/h5-8,14,17H,1-4H3. The first-order valence-corrected chi connectivity index (χ1v) is 7.86. The molecule has 1 atom stereocenters. The molecule has 0 saturated carbocycles. The van der Waals surface area contributed by atoms with Gasteiger partial charge in [0.05, 0.1) is 24.0 Å². The Hall–Kier alpha value is -1.04. The van der Waals surface area contributed by atoms with Crippen LogP contribution in [0.2, 0.25) is 0 Å². The normalized spacial score (nSPS) is 12.2. The average molecular weight is 356 g/mol. The van der Waals surface area contributed by atoms with E-state index in [2.05, 4.69) is 40.3 Å². The summed E-state index contributed by atoms with van der Waals surface area (Å²) < 4.78 is 11.8. The lowest BCUT2D eigenvalue weighted by atomic mass is 10.0. The van der Waals surface area contributed by atoms with Crippen LogP contribution in [0.3, 0.4) is 0 Å². The van der Waals surface area contributed by atoms with Crippen molar-refractivity contribution in [2.75, 3.05) is 21.3 Å². The second kappa shape index (κ2) is 6.61. The molecule has 0 bridgehead atoms. The van der Waals surface area contributed by atoms with Crippen LogP contribution >= 0.6 is 27.3 Å². The zero-order valence-electron chi connectivity index (χ0n) is 12.0. The van der Waals surface area contributed by atoms with Crippen LogP contribution in [0.1, 0.15) is 22.0 Å². The lowest BCUT2D eigenvalue weighted by molar-refractivity contribution is 0.354. The third kappa shape index (κ3) is 3.00. The number of halogens is 1. The third-order valence-electron chi connectivity index (χ3n) is 3.19. The first kappa shape index (κ1) is 15.4. The maximum absolute atomic E-state index is 5.38. The molecular formula is C15H18BrNO2S. The minimum atomic E-state index is 0.143. The number of ether oxygens (including phenoxy) is 2. The monoisotopic (exact) mass is 355 g/mol. The quantitative estimate of drug-likeness (QED) is 0.873. The third-order valence-corrected chi connectivity index (χ3v) is 5.39. The Morgan fingerprint density at radius 3 is 2.35 bits per heavy atom. The fraction of sp³-hybridized carbons (Fsp3) is 0.333. The van der Waals surface area contributed by atoms with Gasteiger partial charge in [-0.15, -0.1) is 11.3 Å². The fourth-order valence-corrected chi connectivity index (χ4v) is 3.84. The first-order valence-electron chi connectivity index (χ1n) is 6.25. The number of thiophene rings is 1. The van der Waals surface area contributed by atoms with Gasteiger partial charge in [0.25, 0.3) is 0 Å². The van der Waals surface area contributed by atoms with Gasteiger partial charge in [-0.2, -0.15) is 0 Å². The number of benzene rings is 1. The van der Waals surface area contributed by atoms with Gasteiger partial charge in [0.15, 0.2) is 11.5 Å². The summed E-state index contributed by atoms with van der Waals surface area (Å²) in [7, 11) is 5.26. The summed E-state index contributed by atoms with van der Waals surface area (Å²) in [5.74, 6) is 1.49. The van der Waals surface area contributed by atoms with E-state index in [4.69, 9.17) is 9.47 Å². The van der Waals surface area contributed by atoms with Crippen molar-refractivity contribution in [3.63, 3.8) is 0 Å².